The Kier molecular flexibility index (Phi) is 5.53. The third-order valence-electron chi connectivity index (χ3n) is 2.74. The van der Waals surface area contributed by atoms with Gasteiger partial charge in [0, 0.05) is 19.8 Å². The van der Waals surface area contributed by atoms with E-state index in [1.807, 2.05) is 42.5 Å². The summed E-state index contributed by atoms with van der Waals surface area (Å²) in [6.07, 6.45) is 1.32. The first-order valence-electron chi connectivity index (χ1n) is 6.68. The molecule has 0 unspecified atom stereocenters. The van der Waals surface area contributed by atoms with Gasteiger partial charge in [0.15, 0.2) is 0 Å². The van der Waals surface area contributed by atoms with Crippen molar-refractivity contribution < 1.29 is 9.53 Å². The normalized spacial score (nSPS) is 11.3. The summed E-state index contributed by atoms with van der Waals surface area (Å²) in [6.45, 7) is 3.51. The summed E-state index contributed by atoms with van der Waals surface area (Å²) in [4.78, 5) is 13.7. The Morgan fingerprint density at radius 2 is 2.05 bits per heavy atom. The zero-order chi connectivity index (χ0) is 16.1. The molecule has 0 atom stereocenters. The highest BCUT2D eigenvalue weighted by Crippen LogP contribution is 2.34. The summed E-state index contributed by atoms with van der Waals surface area (Å²) in [6, 6.07) is 13.7. The molecule has 0 aliphatic heterocycles. The molecular weight excluding hydrogens is 362 g/mol. The fraction of sp³-hybridized carbons (Fsp3) is 0.176. The number of halogens is 1. The topological polar surface area (TPSA) is 50.1 Å². The summed E-state index contributed by atoms with van der Waals surface area (Å²) in [5.41, 5.74) is 1.09. The molecule has 2 aromatic rings. The standard InChI is InChI=1S/C17H14BrNO2S/c1-11(2)21-17(20)12(10-19)9-13-7-8-16(22-13)14-5-3-4-6-15(14)18/h3-9,11H,1-2H3/b12-9+. The van der Waals surface area contributed by atoms with E-state index < -0.39 is 5.97 Å². The molecule has 0 amide bonds. The number of thiophene rings is 1. The number of nitriles is 1. The monoisotopic (exact) mass is 375 g/mol. The van der Waals surface area contributed by atoms with Crippen LogP contribution in [-0.4, -0.2) is 12.1 Å². The van der Waals surface area contributed by atoms with Crippen molar-refractivity contribution in [1.82, 2.24) is 0 Å². The zero-order valence-corrected chi connectivity index (χ0v) is 14.6. The minimum atomic E-state index is -0.589. The molecule has 112 valence electrons. The molecular formula is C17H14BrNO2S. The number of nitrogens with zero attached hydrogens (tertiary/aromatic N) is 1. The number of hydrogen-bond acceptors (Lipinski definition) is 4. The molecule has 22 heavy (non-hydrogen) atoms. The predicted molar refractivity (Wildman–Crippen MR) is 92.3 cm³/mol. The quantitative estimate of drug-likeness (QED) is 0.427. The molecule has 0 aliphatic rings. The number of ether oxygens (including phenoxy) is 1. The number of rotatable bonds is 4. The Labute approximate surface area is 142 Å². The number of esters is 1. The average Bonchev–Trinajstić information content (AvgIpc) is 2.92. The zero-order valence-electron chi connectivity index (χ0n) is 12.2. The smallest absolute Gasteiger partial charge is 0.349 e. The summed E-state index contributed by atoms with van der Waals surface area (Å²) < 4.78 is 6.06. The lowest BCUT2D eigenvalue weighted by Crippen LogP contribution is -2.12. The molecule has 0 N–H and O–H groups in total. The molecule has 1 aromatic carbocycles. The van der Waals surface area contributed by atoms with Crippen LogP contribution in [0.3, 0.4) is 0 Å². The molecule has 2 rings (SSSR count). The molecule has 0 aliphatic carbocycles. The summed E-state index contributed by atoms with van der Waals surface area (Å²) in [5.74, 6) is -0.589. The van der Waals surface area contributed by atoms with E-state index in [2.05, 4.69) is 15.9 Å². The van der Waals surface area contributed by atoms with E-state index in [0.29, 0.717) is 0 Å². The van der Waals surface area contributed by atoms with Crippen LogP contribution in [0.1, 0.15) is 18.7 Å². The molecule has 1 aromatic heterocycles. The molecule has 1 heterocycles. The van der Waals surface area contributed by atoms with Crippen molar-refractivity contribution in [1.29, 1.82) is 5.26 Å². The van der Waals surface area contributed by atoms with Crippen LogP contribution in [0.2, 0.25) is 0 Å². The summed E-state index contributed by atoms with van der Waals surface area (Å²) in [7, 11) is 0. The molecule has 0 fully saturated rings. The maximum Gasteiger partial charge on any atom is 0.349 e. The van der Waals surface area contributed by atoms with Crippen molar-refractivity contribution in [3.8, 4) is 16.5 Å². The van der Waals surface area contributed by atoms with Crippen LogP contribution in [0, 0.1) is 11.3 Å². The van der Waals surface area contributed by atoms with Crippen LogP contribution in [0.25, 0.3) is 16.5 Å². The van der Waals surface area contributed by atoms with Gasteiger partial charge in [-0.1, -0.05) is 34.1 Å². The third-order valence-corrected chi connectivity index (χ3v) is 4.49. The molecule has 5 heteroatoms. The van der Waals surface area contributed by atoms with Crippen LogP contribution in [0.4, 0.5) is 0 Å². The van der Waals surface area contributed by atoms with Gasteiger partial charge >= 0.3 is 5.97 Å². The summed E-state index contributed by atoms with van der Waals surface area (Å²) in [5, 5.41) is 9.12. The highest BCUT2D eigenvalue weighted by Gasteiger charge is 2.13. The fourth-order valence-electron chi connectivity index (χ4n) is 1.79. The SMILES string of the molecule is CC(C)OC(=O)/C(C#N)=C/c1ccc(-c2ccccc2Br)s1. The molecule has 0 saturated heterocycles. The van der Waals surface area contributed by atoms with E-state index >= 15 is 0 Å². The number of carbonyl (C=O) groups is 1. The van der Waals surface area contributed by atoms with E-state index in [0.717, 1.165) is 19.8 Å². The van der Waals surface area contributed by atoms with Crippen LogP contribution in [0.5, 0.6) is 0 Å². The highest BCUT2D eigenvalue weighted by atomic mass is 79.9. The van der Waals surface area contributed by atoms with Gasteiger partial charge in [0.25, 0.3) is 0 Å². The van der Waals surface area contributed by atoms with Crippen LogP contribution < -0.4 is 0 Å². The van der Waals surface area contributed by atoms with E-state index in [1.165, 1.54) is 11.3 Å². The number of benzene rings is 1. The van der Waals surface area contributed by atoms with Gasteiger partial charge in [0.05, 0.1) is 6.10 Å². The average molecular weight is 376 g/mol. The van der Waals surface area contributed by atoms with Crippen molar-refractivity contribution in [3.05, 3.63) is 51.3 Å². The van der Waals surface area contributed by atoms with E-state index in [4.69, 9.17) is 10.00 Å². The largest absolute Gasteiger partial charge is 0.459 e. The molecule has 0 bridgehead atoms. The fourth-order valence-corrected chi connectivity index (χ4v) is 3.41. The van der Waals surface area contributed by atoms with E-state index in [9.17, 15) is 4.79 Å². The van der Waals surface area contributed by atoms with Gasteiger partial charge < -0.3 is 4.74 Å². The third kappa shape index (κ3) is 4.06. The van der Waals surface area contributed by atoms with Gasteiger partial charge in [-0.2, -0.15) is 5.26 Å². The van der Waals surface area contributed by atoms with Gasteiger partial charge in [-0.05, 0) is 38.1 Å². The summed E-state index contributed by atoms with van der Waals surface area (Å²) >= 11 is 5.04. The highest BCUT2D eigenvalue weighted by molar-refractivity contribution is 9.10. The van der Waals surface area contributed by atoms with Crippen molar-refractivity contribution in [2.24, 2.45) is 0 Å². The number of carbonyl (C=O) groups excluding carboxylic acids is 1. The van der Waals surface area contributed by atoms with Crippen molar-refractivity contribution >= 4 is 39.3 Å². The van der Waals surface area contributed by atoms with Gasteiger partial charge in [-0.15, -0.1) is 11.3 Å². The Bertz CT molecular complexity index is 756. The Balaban J connectivity index is 2.28. The molecule has 0 radical (unpaired) electrons. The second kappa shape index (κ2) is 7.39. The van der Waals surface area contributed by atoms with Crippen LogP contribution in [-0.2, 0) is 9.53 Å². The van der Waals surface area contributed by atoms with Gasteiger partial charge in [0.2, 0.25) is 0 Å². The van der Waals surface area contributed by atoms with E-state index in [-0.39, 0.29) is 11.7 Å². The minimum Gasteiger partial charge on any atom is -0.459 e. The van der Waals surface area contributed by atoms with Crippen LogP contribution >= 0.6 is 27.3 Å². The van der Waals surface area contributed by atoms with Crippen LogP contribution in [0.15, 0.2) is 46.4 Å². The van der Waals surface area contributed by atoms with Gasteiger partial charge in [0.1, 0.15) is 11.6 Å². The molecule has 0 spiro atoms. The molecule has 3 nitrogen and oxygen atoms in total. The Morgan fingerprint density at radius 3 is 2.68 bits per heavy atom. The minimum absolute atomic E-state index is 0.00854. The first-order chi connectivity index (χ1) is 10.5. The van der Waals surface area contributed by atoms with Gasteiger partial charge in [-0.3, -0.25) is 0 Å². The number of hydrogen-bond donors (Lipinski definition) is 0. The second-order valence-electron chi connectivity index (χ2n) is 4.81. The van der Waals surface area contributed by atoms with Gasteiger partial charge in [-0.25, -0.2) is 4.79 Å². The first-order valence-corrected chi connectivity index (χ1v) is 8.29. The van der Waals surface area contributed by atoms with Crippen molar-refractivity contribution in [2.75, 3.05) is 0 Å². The maximum atomic E-state index is 11.8. The molecule has 0 saturated carbocycles. The lowest BCUT2D eigenvalue weighted by atomic mass is 10.2. The lowest BCUT2D eigenvalue weighted by molar-refractivity contribution is -0.142. The van der Waals surface area contributed by atoms with Crippen molar-refractivity contribution in [3.63, 3.8) is 0 Å². The van der Waals surface area contributed by atoms with E-state index in [1.54, 1.807) is 19.9 Å². The second-order valence-corrected chi connectivity index (χ2v) is 6.78. The Hall–Kier alpha value is -1.90. The Morgan fingerprint density at radius 1 is 1.32 bits per heavy atom. The van der Waals surface area contributed by atoms with Crippen molar-refractivity contribution in [2.45, 2.75) is 20.0 Å². The maximum absolute atomic E-state index is 11.8. The predicted octanol–water partition coefficient (Wildman–Crippen LogP) is 5.04. The lowest BCUT2D eigenvalue weighted by Gasteiger charge is -2.06. The first kappa shape index (κ1) is 16.5.